The highest BCUT2D eigenvalue weighted by molar-refractivity contribution is 5.73. The minimum atomic E-state index is -2.07. The molecule has 0 amide bonds. The highest BCUT2D eigenvalue weighted by atomic mass is 19.1. The van der Waals surface area contributed by atoms with Crippen molar-refractivity contribution in [1.29, 1.82) is 0 Å². The standard InChI is InChI=1S/C14H19FO3/c1-4-10(3)11-8-6-7-9-12(11)18-13(15)14(16)17-5-2/h6-10,13H,4-5H2,1-3H3. The minimum absolute atomic E-state index is 0.135. The lowest BCUT2D eigenvalue weighted by Crippen LogP contribution is -2.25. The first-order valence-electron chi connectivity index (χ1n) is 6.16. The average Bonchev–Trinajstić information content (AvgIpc) is 2.38. The van der Waals surface area contributed by atoms with E-state index in [0.717, 1.165) is 12.0 Å². The summed E-state index contributed by atoms with van der Waals surface area (Å²) < 4.78 is 23.1. The van der Waals surface area contributed by atoms with Crippen molar-refractivity contribution in [2.24, 2.45) is 0 Å². The van der Waals surface area contributed by atoms with E-state index in [-0.39, 0.29) is 12.5 Å². The van der Waals surface area contributed by atoms with Crippen LogP contribution < -0.4 is 4.74 Å². The second kappa shape index (κ2) is 6.99. The number of benzene rings is 1. The molecule has 0 saturated carbocycles. The van der Waals surface area contributed by atoms with E-state index in [1.54, 1.807) is 19.1 Å². The van der Waals surface area contributed by atoms with Gasteiger partial charge in [-0.25, -0.2) is 4.79 Å². The predicted octanol–water partition coefficient (Wildman–Crippen LogP) is 3.44. The Morgan fingerprint density at radius 3 is 2.61 bits per heavy atom. The monoisotopic (exact) mass is 254 g/mol. The molecule has 0 bridgehead atoms. The maximum absolute atomic E-state index is 13.5. The number of hydrogen-bond donors (Lipinski definition) is 0. The van der Waals surface area contributed by atoms with Crippen LogP contribution in [0.25, 0.3) is 0 Å². The number of rotatable bonds is 6. The van der Waals surface area contributed by atoms with Crippen molar-refractivity contribution in [3.05, 3.63) is 29.8 Å². The maximum Gasteiger partial charge on any atom is 0.381 e. The first-order valence-corrected chi connectivity index (χ1v) is 6.16. The van der Waals surface area contributed by atoms with E-state index in [4.69, 9.17) is 4.74 Å². The van der Waals surface area contributed by atoms with Crippen LogP contribution >= 0.6 is 0 Å². The normalized spacial score (nSPS) is 13.8. The molecule has 0 N–H and O–H groups in total. The van der Waals surface area contributed by atoms with Gasteiger partial charge in [-0.1, -0.05) is 32.0 Å². The van der Waals surface area contributed by atoms with E-state index in [1.165, 1.54) is 0 Å². The van der Waals surface area contributed by atoms with Gasteiger partial charge in [0, 0.05) is 0 Å². The summed E-state index contributed by atoms with van der Waals surface area (Å²) in [6.45, 7) is 5.83. The highest BCUT2D eigenvalue weighted by Crippen LogP contribution is 2.29. The molecule has 0 saturated heterocycles. The van der Waals surface area contributed by atoms with Gasteiger partial charge >= 0.3 is 12.3 Å². The zero-order chi connectivity index (χ0) is 13.5. The number of carbonyl (C=O) groups is 1. The third-order valence-corrected chi connectivity index (χ3v) is 2.76. The molecule has 0 aliphatic heterocycles. The van der Waals surface area contributed by atoms with Gasteiger partial charge in [0.15, 0.2) is 0 Å². The Labute approximate surface area is 107 Å². The first kappa shape index (κ1) is 14.5. The second-order valence-electron chi connectivity index (χ2n) is 4.03. The van der Waals surface area contributed by atoms with Crippen LogP contribution in [0.1, 0.15) is 38.7 Å². The van der Waals surface area contributed by atoms with E-state index >= 15 is 0 Å². The number of alkyl halides is 1. The smallest absolute Gasteiger partial charge is 0.381 e. The molecule has 0 fully saturated rings. The molecule has 1 rings (SSSR count). The van der Waals surface area contributed by atoms with Crippen molar-refractivity contribution in [3.63, 3.8) is 0 Å². The van der Waals surface area contributed by atoms with Crippen LogP contribution in [0, 0.1) is 0 Å². The van der Waals surface area contributed by atoms with Crippen LogP contribution in [0.2, 0.25) is 0 Å². The lowest BCUT2D eigenvalue weighted by Gasteiger charge is -2.17. The van der Waals surface area contributed by atoms with Gasteiger partial charge in [0.05, 0.1) is 6.61 Å². The first-order chi connectivity index (χ1) is 8.60. The van der Waals surface area contributed by atoms with E-state index in [1.807, 2.05) is 26.0 Å². The molecule has 4 heteroatoms. The Balaban J connectivity index is 2.80. The number of hydrogen-bond acceptors (Lipinski definition) is 3. The minimum Gasteiger partial charge on any atom is -0.461 e. The molecule has 0 spiro atoms. The third kappa shape index (κ3) is 3.72. The van der Waals surface area contributed by atoms with Gasteiger partial charge in [-0.05, 0) is 30.9 Å². The number of carbonyl (C=O) groups excluding carboxylic acids is 1. The summed E-state index contributed by atoms with van der Waals surface area (Å²) in [5.74, 6) is -0.348. The van der Waals surface area contributed by atoms with E-state index in [9.17, 15) is 9.18 Å². The SMILES string of the molecule is CCOC(=O)C(F)Oc1ccccc1C(C)CC. The lowest BCUT2D eigenvalue weighted by molar-refractivity contribution is -0.159. The summed E-state index contributed by atoms with van der Waals surface area (Å²) in [5.41, 5.74) is 0.895. The maximum atomic E-state index is 13.5. The van der Waals surface area contributed by atoms with Crippen LogP contribution in [0.3, 0.4) is 0 Å². The molecule has 3 nitrogen and oxygen atoms in total. The van der Waals surface area contributed by atoms with Crippen molar-refractivity contribution in [3.8, 4) is 5.75 Å². The van der Waals surface area contributed by atoms with Gasteiger partial charge in [-0.15, -0.1) is 0 Å². The Morgan fingerprint density at radius 2 is 2.00 bits per heavy atom. The van der Waals surface area contributed by atoms with E-state index in [0.29, 0.717) is 5.75 Å². The summed E-state index contributed by atoms with van der Waals surface area (Å²) in [7, 11) is 0. The molecule has 1 aromatic carbocycles. The molecule has 0 aromatic heterocycles. The summed E-state index contributed by atoms with van der Waals surface area (Å²) in [6.07, 6.45) is -1.16. The fraction of sp³-hybridized carbons (Fsp3) is 0.500. The van der Waals surface area contributed by atoms with Crippen LogP contribution in [0.15, 0.2) is 24.3 Å². The zero-order valence-electron chi connectivity index (χ0n) is 11.0. The van der Waals surface area contributed by atoms with Crippen molar-refractivity contribution in [2.45, 2.75) is 39.5 Å². The lowest BCUT2D eigenvalue weighted by atomic mass is 9.98. The van der Waals surface area contributed by atoms with E-state index in [2.05, 4.69) is 4.74 Å². The van der Waals surface area contributed by atoms with Crippen LogP contribution in [0.5, 0.6) is 5.75 Å². The largest absolute Gasteiger partial charge is 0.461 e. The van der Waals surface area contributed by atoms with Crippen molar-refractivity contribution < 1.29 is 18.7 Å². The summed E-state index contributed by atoms with van der Waals surface area (Å²) >= 11 is 0. The van der Waals surface area contributed by atoms with Crippen molar-refractivity contribution in [2.75, 3.05) is 6.61 Å². The van der Waals surface area contributed by atoms with Crippen molar-refractivity contribution >= 4 is 5.97 Å². The van der Waals surface area contributed by atoms with E-state index < -0.39 is 12.3 Å². The summed E-state index contributed by atoms with van der Waals surface area (Å²) in [6, 6.07) is 7.15. The van der Waals surface area contributed by atoms with Crippen molar-refractivity contribution in [1.82, 2.24) is 0 Å². The van der Waals surface area contributed by atoms with Gasteiger partial charge in [0.25, 0.3) is 0 Å². The molecule has 0 heterocycles. The number of para-hydroxylation sites is 1. The van der Waals surface area contributed by atoms with Gasteiger partial charge in [0.1, 0.15) is 5.75 Å². The average molecular weight is 254 g/mol. The Bertz CT molecular complexity index is 392. The second-order valence-corrected chi connectivity index (χ2v) is 4.03. The molecule has 18 heavy (non-hydrogen) atoms. The van der Waals surface area contributed by atoms with Gasteiger partial charge in [0.2, 0.25) is 0 Å². The molecule has 0 radical (unpaired) electrons. The molecular weight excluding hydrogens is 235 g/mol. The third-order valence-electron chi connectivity index (χ3n) is 2.76. The zero-order valence-corrected chi connectivity index (χ0v) is 11.0. The fourth-order valence-electron chi connectivity index (χ4n) is 1.58. The quantitative estimate of drug-likeness (QED) is 0.729. The van der Waals surface area contributed by atoms with Crippen LogP contribution in [-0.2, 0) is 9.53 Å². The Morgan fingerprint density at radius 1 is 1.33 bits per heavy atom. The topological polar surface area (TPSA) is 35.5 Å². The molecule has 0 aliphatic rings. The molecule has 1 aromatic rings. The molecule has 2 unspecified atom stereocenters. The molecule has 100 valence electrons. The highest BCUT2D eigenvalue weighted by Gasteiger charge is 2.22. The van der Waals surface area contributed by atoms with Crippen LogP contribution in [-0.4, -0.2) is 18.9 Å². The summed E-state index contributed by atoms with van der Waals surface area (Å²) in [4.78, 5) is 11.2. The molecule has 0 aliphatic carbocycles. The number of ether oxygens (including phenoxy) is 2. The summed E-state index contributed by atoms with van der Waals surface area (Å²) in [5, 5.41) is 0. The van der Waals surface area contributed by atoms with Gasteiger partial charge in [-0.3, -0.25) is 0 Å². The number of esters is 1. The van der Waals surface area contributed by atoms with Crippen LogP contribution in [0.4, 0.5) is 4.39 Å². The fourth-order valence-corrected chi connectivity index (χ4v) is 1.58. The van der Waals surface area contributed by atoms with Gasteiger partial charge in [-0.2, -0.15) is 4.39 Å². The Hall–Kier alpha value is -1.58. The molecular formula is C14H19FO3. The predicted molar refractivity (Wildman–Crippen MR) is 67.3 cm³/mol. The molecule has 2 atom stereocenters. The number of halogens is 1. The Kier molecular flexibility index (Phi) is 5.62. The van der Waals surface area contributed by atoms with Gasteiger partial charge < -0.3 is 9.47 Å².